The van der Waals surface area contributed by atoms with Gasteiger partial charge in [0, 0.05) is 17.2 Å². The molecule has 2 aliphatic heterocycles. The van der Waals surface area contributed by atoms with Gasteiger partial charge in [-0.2, -0.15) is 15.6 Å². The Bertz CT molecular complexity index is 934. The van der Waals surface area contributed by atoms with Crippen LogP contribution < -0.4 is 5.32 Å². The largest absolute Gasteiger partial charge is 0.343 e. The van der Waals surface area contributed by atoms with E-state index >= 15 is 0 Å². The highest BCUT2D eigenvalue weighted by Crippen LogP contribution is 2.44. The molecule has 3 heterocycles. The SMILES string of the molecule is CN1CCC(C2=C(C#N)C(c3ccccc3C#N)c3cn[nH]c3N2)CC1. The molecule has 1 aromatic carbocycles. The highest BCUT2D eigenvalue weighted by molar-refractivity contribution is 5.66. The van der Waals surface area contributed by atoms with Crippen LogP contribution in [0.5, 0.6) is 0 Å². The molecule has 130 valence electrons. The Balaban J connectivity index is 1.85. The summed E-state index contributed by atoms with van der Waals surface area (Å²) in [5.41, 5.74) is 4.07. The number of hydrogen-bond acceptors (Lipinski definition) is 5. The lowest BCUT2D eigenvalue weighted by Crippen LogP contribution is -2.34. The Labute approximate surface area is 152 Å². The van der Waals surface area contributed by atoms with Crippen LogP contribution in [-0.2, 0) is 0 Å². The highest BCUT2D eigenvalue weighted by Gasteiger charge is 2.35. The topological polar surface area (TPSA) is 91.5 Å². The molecule has 0 bridgehead atoms. The van der Waals surface area contributed by atoms with Crippen molar-refractivity contribution in [2.75, 3.05) is 25.5 Å². The summed E-state index contributed by atoms with van der Waals surface area (Å²) in [5, 5.41) is 30.2. The lowest BCUT2D eigenvalue weighted by Gasteiger charge is -2.35. The number of benzene rings is 1. The summed E-state index contributed by atoms with van der Waals surface area (Å²) in [4.78, 5) is 2.32. The van der Waals surface area contributed by atoms with E-state index in [1.165, 1.54) is 0 Å². The number of fused-ring (bicyclic) bond motifs is 1. The average molecular weight is 344 g/mol. The van der Waals surface area contributed by atoms with Crippen molar-refractivity contribution >= 4 is 5.82 Å². The maximum Gasteiger partial charge on any atom is 0.129 e. The standard InChI is InChI=1S/C20H20N6/c1-26-8-6-13(7-9-26)19-16(11-22)18(17-12-23-25-20(17)24-19)15-5-3-2-4-14(15)10-21/h2-5,12-13,18H,6-9H2,1H3,(H2,23,24,25). The van der Waals surface area contributed by atoms with Crippen molar-refractivity contribution in [1.82, 2.24) is 15.1 Å². The first-order valence-electron chi connectivity index (χ1n) is 8.85. The van der Waals surface area contributed by atoms with Gasteiger partial charge in [0.2, 0.25) is 0 Å². The molecule has 26 heavy (non-hydrogen) atoms. The van der Waals surface area contributed by atoms with Gasteiger partial charge in [0.25, 0.3) is 0 Å². The van der Waals surface area contributed by atoms with Crippen LogP contribution in [0, 0.1) is 28.6 Å². The van der Waals surface area contributed by atoms with E-state index in [-0.39, 0.29) is 5.92 Å². The van der Waals surface area contributed by atoms with Crippen molar-refractivity contribution in [3.05, 3.63) is 58.4 Å². The second kappa shape index (κ2) is 6.67. The fraction of sp³-hybridized carbons (Fsp3) is 0.350. The van der Waals surface area contributed by atoms with Gasteiger partial charge in [0.05, 0.1) is 35.4 Å². The molecule has 2 aliphatic rings. The van der Waals surface area contributed by atoms with Gasteiger partial charge in [-0.1, -0.05) is 18.2 Å². The van der Waals surface area contributed by atoms with Gasteiger partial charge in [-0.15, -0.1) is 0 Å². The molecule has 1 fully saturated rings. The predicted molar refractivity (Wildman–Crippen MR) is 98.1 cm³/mol. The van der Waals surface area contributed by atoms with Crippen LogP contribution in [0.1, 0.15) is 35.4 Å². The molecule has 6 heteroatoms. The molecule has 0 spiro atoms. The zero-order valence-corrected chi connectivity index (χ0v) is 14.7. The average Bonchev–Trinajstić information content (AvgIpc) is 3.15. The number of anilines is 1. The minimum Gasteiger partial charge on any atom is -0.343 e. The fourth-order valence-corrected chi connectivity index (χ4v) is 4.05. The summed E-state index contributed by atoms with van der Waals surface area (Å²) in [5.74, 6) is 0.880. The molecular formula is C20H20N6. The number of rotatable bonds is 2. The summed E-state index contributed by atoms with van der Waals surface area (Å²) in [6, 6.07) is 12.2. The quantitative estimate of drug-likeness (QED) is 0.874. The van der Waals surface area contributed by atoms with Crippen molar-refractivity contribution in [2.24, 2.45) is 5.92 Å². The maximum absolute atomic E-state index is 10.0. The van der Waals surface area contributed by atoms with Crippen LogP contribution in [0.2, 0.25) is 0 Å². The molecule has 4 rings (SSSR count). The normalized spacial score (nSPS) is 20.8. The Hall–Kier alpha value is -3.09. The lowest BCUT2D eigenvalue weighted by molar-refractivity contribution is 0.238. The first-order chi connectivity index (χ1) is 12.7. The second-order valence-electron chi connectivity index (χ2n) is 6.97. The van der Waals surface area contributed by atoms with Crippen molar-refractivity contribution in [3.63, 3.8) is 0 Å². The van der Waals surface area contributed by atoms with Crippen molar-refractivity contribution < 1.29 is 0 Å². The van der Waals surface area contributed by atoms with Crippen molar-refractivity contribution in [2.45, 2.75) is 18.8 Å². The number of nitrogens with zero attached hydrogens (tertiary/aromatic N) is 4. The van der Waals surface area contributed by atoms with Gasteiger partial charge in [-0.3, -0.25) is 5.10 Å². The van der Waals surface area contributed by atoms with E-state index in [4.69, 9.17) is 0 Å². The molecule has 0 saturated carbocycles. The smallest absolute Gasteiger partial charge is 0.129 e. The zero-order valence-electron chi connectivity index (χ0n) is 14.7. The van der Waals surface area contributed by atoms with Crippen LogP contribution >= 0.6 is 0 Å². The number of nitriles is 2. The third-order valence-corrected chi connectivity index (χ3v) is 5.46. The number of aromatic nitrogens is 2. The highest BCUT2D eigenvalue weighted by atomic mass is 15.2. The van der Waals surface area contributed by atoms with E-state index < -0.39 is 0 Å². The molecule has 2 N–H and O–H groups in total. The van der Waals surface area contributed by atoms with E-state index in [1.807, 2.05) is 18.2 Å². The monoisotopic (exact) mass is 344 g/mol. The third-order valence-electron chi connectivity index (χ3n) is 5.46. The van der Waals surface area contributed by atoms with Crippen molar-refractivity contribution in [3.8, 4) is 12.1 Å². The van der Waals surface area contributed by atoms with E-state index in [0.29, 0.717) is 17.1 Å². The molecule has 0 aliphatic carbocycles. The van der Waals surface area contributed by atoms with Gasteiger partial charge in [0.15, 0.2) is 0 Å². The van der Waals surface area contributed by atoms with Gasteiger partial charge < -0.3 is 10.2 Å². The zero-order chi connectivity index (χ0) is 18.1. The number of likely N-dealkylation sites (tertiary alicyclic amines) is 1. The number of piperidine rings is 1. The molecule has 6 nitrogen and oxygen atoms in total. The molecular weight excluding hydrogens is 324 g/mol. The van der Waals surface area contributed by atoms with E-state index in [2.05, 4.69) is 39.6 Å². The minimum atomic E-state index is -0.263. The summed E-state index contributed by atoms with van der Waals surface area (Å²) in [6.45, 7) is 2.04. The number of allylic oxidation sites excluding steroid dienone is 2. The Morgan fingerprint density at radius 1 is 1.12 bits per heavy atom. The Kier molecular flexibility index (Phi) is 4.20. The second-order valence-corrected chi connectivity index (χ2v) is 6.97. The maximum atomic E-state index is 10.0. The first kappa shape index (κ1) is 16.4. The molecule has 1 aromatic heterocycles. The molecule has 1 saturated heterocycles. The fourth-order valence-electron chi connectivity index (χ4n) is 4.05. The summed E-state index contributed by atoms with van der Waals surface area (Å²) >= 11 is 0. The molecule has 2 aromatic rings. The summed E-state index contributed by atoms with van der Waals surface area (Å²) in [6.07, 6.45) is 3.78. The van der Waals surface area contributed by atoms with Crippen LogP contribution in [0.25, 0.3) is 0 Å². The summed E-state index contributed by atoms with van der Waals surface area (Å²) in [7, 11) is 2.13. The van der Waals surface area contributed by atoms with Crippen molar-refractivity contribution in [1.29, 1.82) is 10.5 Å². The molecule has 1 unspecified atom stereocenters. The minimum absolute atomic E-state index is 0.263. The van der Waals surface area contributed by atoms with E-state index in [1.54, 1.807) is 12.3 Å². The van der Waals surface area contributed by atoms with Gasteiger partial charge >= 0.3 is 0 Å². The van der Waals surface area contributed by atoms with Gasteiger partial charge in [0.1, 0.15) is 5.82 Å². The first-order valence-corrected chi connectivity index (χ1v) is 8.85. The Morgan fingerprint density at radius 3 is 2.62 bits per heavy atom. The van der Waals surface area contributed by atoms with E-state index in [9.17, 15) is 10.5 Å². The molecule has 0 radical (unpaired) electrons. The lowest BCUT2D eigenvalue weighted by atomic mass is 9.78. The van der Waals surface area contributed by atoms with Crippen LogP contribution in [0.3, 0.4) is 0 Å². The summed E-state index contributed by atoms with van der Waals surface area (Å²) < 4.78 is 0. The number of H-pyrrole nitrogens is 1. The van der Waals surface area contributed by atoms with Gasteiger partial charge in [-0.25, -0.2) is 0 Å². The molecule has 0 amide bonds. The number of aromatic amines is 1. The van der Waals surface area contributed by atoms with E-state index in [0.717, 1.165) is 48.6 Å². The van der Waals surface area contributed by atoms with Crippen LogP contribution in [0.15, 0.2) is 41.7 Å². The molecule has 1 atom stereocenters. The van der Waals surface area contributed by atoms with Crippen LogP contribution in [-0.4, -0.2) is 35.2 Å². The number of hydrogen-bond donors (Lipinski definition) is 2. The number of nitrogens with one attached hydrogen (secondary N) is 2. The third kappa shape index (κ3) is 2.65. The van der Waals surface area contributed by atoms with Crippen LogP contribution in [0.4, 0.5) is 5.82 Å². The predicted octanol–water partition coefficient (Wildman–Crippen LogP) is 2.96. The Morgan fingerprint density at radius 2 is 1.88 bits per heavy atom. The van der Waals surface area contributed by atoms with Gasteiger partial charge in [-0.05, 0) is 44.6 Å².